The van der Waals surface area contributed by atoms with Crippen LogP contribution >= 0.6 is 11.6 Å². The van der Waals surface area contributed by atoms with E-state index in [-0.39, 0.29) is 22.3 Å². The molecule has 0 spiro atoms. The number of nitrogens with zero attached hydrogens (tertiary/aromatic N) is 2. The standard InChI is InChI=1S/C12H14ClN3O4/c13-10-6-8(16(19)20)5-9(12(17)18)11(10)15-3-1-7(14)2-4-15/h5-7H,1-4,14H2,(H,17,18). The number of nitro benzene ring substituents is 1. The van der Waals surface area contributed by atoms with Crippen LogP contribution in [0.1, 0.15) is 23.2 Å². The number of non-ortho nitro benzene ring substituents is 1. The first kappa shape index (κ1) is 14.5. The maximum absolute atomic E-state index is 11.3. The second-order valence-corrected chi connectivity index (χ2v) is 5.12. The Hall–Kier alpha value is -1.86. The van der Waals surface area contributed by atoms with Crippen LogP contribution in [-0.4, -0.2) is 35.1 Å². The predicted molar refractivity (Wildman–Crippen MR) is 74.5 cm³/mol. The topological polar surface area (TPSA) is 110 Å². The van der Waals surface area contributed by atoms with Gasteiger partial charge in [0.2, 0.25) is 0 Å². The van der Waals surface area contributed by atoms with Gasteiger partial charge in [-0.3, -0.25) is 10.1 Å². The van der Waals surface area contributed by atoms with Gasteiger partial charge in [-0.2, -0.15) is 0 Å². The summed E-state index contributed by atoms with van der Waals surface area (Å²) in [6.07, 6.45) is 1.46. The van der Waals surface area contributed by atoms with E-state index in [4.69, 9.17) is 17.3 Å². The maximum Gasteiger partial charge on any atom is 0.338 e. The van der Waals surface area contributed by atoms with Crippen LogP contribution < -0.4 is 10.6 Å². The second-order valence-electron chi connectivity index (χ2n) is 4.71. The Morgan fingerprint density at radius 2 is 2.05 bits per heavy atom. The Morgan fingerprint density at radius 3 is 2.55 bits per heavy atom. The minimum absolute atomic E-state index is 0.0760. The third kappa shape index (κ3) is 2.83. The number of carboxylic acids is 1. The van der Waals surface area contributed by atoms with Gasteiger partial charge >= 0.3 is 5.97 Å². The number of carbonyl (C=O) groups is 1. The largest absolute Gasteiger partial charge is 0.478 e. The van der Waals surface area contributed by atoms with E-state index in [1.807, 2.05) is 4.90 Å². The van der Waals surface area contributed by atoms with Crippen molar-refractivity contribution in [2.75, 3.05) is 18.0 Å². The van der Waals surface area contributed by atoms with Gasteiger partial charge in [-0.1, -0.05) is 11.6 Å². The first-order chi connectivity index (χ1) is 9.40. The average molecular weight is 300 g/mol. The summed E-state index contributed by atoms with van der Waals surface area (Å²) in [5.41, 5.74) is 5.66. The van der Waals surface area contributed by atoms with Gasteiger partial charge in [0.25, 0.3) is 5.69 Å². The Morgan fingerprint density at radius 1 is 1.45 bits per heavy atom. The molecule has 0 bridgehead atoms. The third-order valence-electron chi connectivity index (χ3n) is 3.35. The van der Waals surface area contributed by atoms with Crippen LogP contribution in [0.5, 0.6) is 0 Å². The monoisotopic (exact) mass is 299 g/mol. The minimum atomic E-state index is -1.24. The zero-order valence-electron chi connectivity index (χ0n) is 10.6. The van der Waals surface area contributed by atoms with Gasteiger partial charge in [-0.15, -0.1) is 0 Å². The molecule has 0 atom stereocenters. The summed E-state index contributed by atoms with van der Waals surface area (Å²) in [5, 5.41) is 20.1. The molecule has 0 unspecified atom stereocenters. The van der Waals surface area contributed by atoms with Gasteiger partial charge < -0.3 is 15.7 Å². The number of rotatable bonds is 3. The fraction of sp³-hybridized carbons (Fsp3) is 0.417. The van der Waals surface area contributed by atoms with Gasteiger partial charge in [0.1, 0.15) is 0 Å². The van der Waals surface area contributed by atoms with E-state index < -0.39 is 10.9 Å². The molecular formula is C12H14ClN3O4. The lowest BCUT2D eigenvalue weighted by Crippen LogP contribution is -2.40. The van der Waals surface area contributed by atoms with Crippen molar-refractivity contribution < 1.29 is 14.8 Å². The smallest absolute Gasteiger partial charge is 0.338 e. The van der Waals surface area contributed by atoms with Crippen molar-refractivity contribution >= 4 is 28.9 Å². The van der Waals surface area contributed by atoms with E-state index in [0.29, 0.717) is 18.8 Å². The Bertz CT molecular complexity index is 556. The number of anilines is 1. The molecule has 1 aromatic rings. The van der Waals surface area contributed by atoms with Gasteiger partial charge in [0, 0.05) is 31.3 Å². The molecule has 8 heteroatoms. The van der Waals surface area contributed by atoms with E-state index in [0.717, 1.165) is 18.9 Å². The number of nitrogens with two attached hydrogens (primary N) is 1. The molecule has 0 saturated carbocycles. The van der Waals surface area contributed by atoms with Gasteiger partial charge in [0.05, 0.1) is 21.2 Å². The van der Waals surface area contributed by atoms with Crippen LogP contribution in [0.25, 0.3) is 0 Å². The lowest BCUT2D eigenvalue weighted by atomic mass is 10.0. The number of nitro groups is 1. The summed E-state index contributed by atoms with van der Waals surface area (Å²) in [4.78, 5) is 23.3. The van der Waals surface area contributed by atoms with Crippen molar-refractivity contribution in [3.8, 4) is 0 Å². The summed E-state index contributed by atoms with van der Waals surface area (Å²) in [7, 11) is 0. The number of hydrogen-bond acceptors (Lipinski definition) is 5. The third-order valence-corrected chi connectivity index (χ3v) is 3.63. The quantitative estimate of drug-likeness (QED) is 0.651. The van der Waals surface area contributed by atoms with Gasteiger partial charge in [-0.25, -0.2) is 4.79 Å². The summed E-state index contributed by atoms with van der Waals surface area (Å²) < 4.78 is 0. The van der Waals surface area contributed by atoms with E-state index >= 15 is 0 Å². The highest BCUT2D eigenvalue weighted by atomic mass is 35.5. The zero-order valence-corrected chi connectivity index (χ0v) is 11.3. The van der Waals surface area contributed by atoms with E-state index in [1.165, 1.54) is 6.07 Å². The molecule has 1 heterocycles. The molecule has 0 aliphatic carbocycles. The van der Waals surface area contributed by atoms with E-state index in [2.05, 4.69) is 0 Å². The Labute approximate surface area is 120 Å². The van der Waals surface area contributed by atoms with Crippen LogP contribution in [0, 0.1) is 10.1 Å². The summed E-state index contributed by atoms with van der Waals surface area (Å²) >= 11 is 6.05. The van der Waals surface area contributed by atoms with Crippen LogP contribution in [0.15, 0.2) is 12.1 Å². The van der Waals surface area contributed by atoms with Crippen molar-refractivity contribution in [1.82, 2.24) is 0 Å². The SMILES string of the molecule is NC1CCN(c2c(Cl)cc([N+](=O)[O-])cc2C(=O)O)CC1. The average Bonchev–Trinajstić information content (AvgIpc) is 2.39. The van der Waals surface area contributed by atoms with Crippen molar-refractivity contribution in [2.45, 2.75) is 18.9 Å². The Kier molecular flexibility index (Phi) is 4.10. The molecule has 2 rings (SSSR count). The Balaban J connectivity index is 2.46. The van der Waals surface area contributed by atoms with Crippen molar-refractivity contribution in [3.05, 3.63) is 32.8 Å². The lowest BCUT2D eigenvalue weighted by Gasteiger charge is -2.33. The number of aromatic carboxylic acids is 1. The van der Waals surface area contributed by atoms with E-state index in [9.17, 15) is 20.0 Å². The molecule has 0 radical (unpaired) electrons. The summed E-state index contributed by atoms with van der Waals surface area (Å²) in [6, 6.07) is 2.31. The number of piperidine rings is 1. The number of benzene rings is 1. The normalized spacial score (nSPS) is 16.2. The molecule has 108 valence electrons. The highest BCUT2D eigenvalue weighted by Gasteiger charge is 2.26. The van der Waals surface area contributed by atoms with E-state index in [1.54, 1.807) is 0 Å². The molecule has 1 aliphatic heterocycles. The van der Waals surface area contributed by atoms with Crippen LogP contribution in [0.3, 0.4) is 0 Å². The van der Waals surface area contributed by atoms with Gasteiger partial charge in [-0.05, 0) is 12.8 Å². The van der Waals surface area contributed by atoms with Gasteiger partial charge in [0.15, 0.2) is 0 Å². The fourth-order valence-corrected chi connectivity index (χ4v) is 2.63. The lowest BCUT2D eigenvalue weighted by molar-refractivity contribution is -0.384. The fourth-order valence-electron chi connectivity index (χ4n) is 2.30. The molecule has 1 aliphatic rings. The number of carboxylic acid groups (broad SMARTS) is 1. The summed E-state index contributed by atoms with van der Waals surface area (Å²) in [5.74, 6) is -1.24. The molecule has 20 heavy (non-hydrogen) atoms. The highest BCUT2D eigenvalue weighted by molar-refractivity contribution is 6.34. The van der Waals surface area contributed by atoms with Crippen LogP contribution in [-0.2, 0) is 0 Å². The maximum atomic E-state index is 11.3. The number of hydrogen-bond donors (Lipinski definition) is 2. The molecule has 1 aromatic carbocycles. The highest BCUT2D eigenvalue weighted by Crippen LogP contribution is 2.35. The second kappa shape index (κ2) is 5.64. The zero-order chi connectivity index (χ0) is 14.9. The first-order valence-corrected chi connectivity index (χ1v) is 6.49. The minimum Gasteiger partial charge on any atom is -0.478 e. The molecule has 3 N–H and O–H groups in total. The van der Waals surface area contributed by atoms with Crippen LogP contribution in [0.2, 0.25) is 5.02 Å². The van der Waals surface area contributed by atoms with Crippen molar-refractivity contribution in [2.24, 2.45) is 5.73 Å². The van der Waals surface area contributed by atoms with Crippen molar-refractivity contribution in [1.29, 1.82) is 0 Å². The first-order valence-electron chi connectivity index (χ1n) is 6.12. The van der Waals surface area contributed by atoms with Crippen molar-refractivity contribution in [3.63, 3.8) is 0 Å². The number of halogens is 1. The molecule has 1 fully saturated rings. The molecular weight excluding hydrogens is 286 g/mol. The summed E-state index contributed by atoms with van der Waals surface area (Å²) in [6.45, 7) is 1.16. The predicted octanol–water partition coefficient (Wildman–Crippen LogP) is 1.87. The molecule has 7 nitrogen and oxygen atoms in total. The molecule has 0 aromatic heterocycles. The van der Waals surface area contributed by atoms with Crippen LogP contribution in [0.4, 0.5) is 11.4 Å². The molecule has 1 saturated heterocycles. The molecule has 0 amide bonds.